The second-order valence-electron chi connectivity index (χ2n) is 6.43. The summed E-state index contributed by atoms with van der Waals surface area (Å²) in [5.41, 5.74) is 0.852. The number of amides is 2. The van der Waals surface area contributed by atoms with Crippen LogP contribution in [0.25, 0.3) is 0 Å². The van der Waals surface area contributed by atoms with Crippen LogP contribution in [-0.4, -0.2) is 24.9 Å². The molecule has 0 spiro atoms. The number of hydrogen-bond donors (Lipinski definition) is 1. The molecule has 1 atom stereocenters. The van der Waals surface area contributed by atoms with Crippen LogP contribution < -0.4 is 10.2 Å². The summed E-state index contributed by atoms with van der Waals surface area (Å²) in [7, 11) is 1.18. The van der Waals surface area contributed by atoms with Gasteiger partial charge in [-0.25, -0.2) is 13.6 Å². The average Bonchev–Trinajstić information content (AvgIpc) is 2.70. The fraction of sp³-hybridized carbons (Fsp3) is 0.190. The maximum atomic E-state index is 13.4. The molecule has 29 heavy (non-hydrogen) atoms. The molecule has 1 heterocycles. The predicted octanol–water partition coefficient (Wildman–Crippen LogP) is 3.40. The highest BCUT2D eigenvalue weighted by Gasteiger charge is 2.40. The van der Waals surface area contributed by atoms with Gasteiger partial charge < -0.3 is 10.1 Å². The molecule has 6 nitrogen and oxygen atoms in total. The van der Waals surface area contributed by atoms with E-state index in [1.165, 1.54) is 18.1 Å². The van der Waals surface area contributed by atoms with Crippen LogP contribution in [0.3, 0.4) is 0 Å². The van der Waals surface area contributed by atoms with Gasteiger partial charge >= 0.3 is 5.97 Å². The number of carbonyl (C=O) groups is 3. The smallest absolute Gasteiger partial charge is 0.336 e. The lowest BCUT2D eigenvalue weighted by atomic mass is 9.88. The number of nitrogens with zero attached hydrogens (tertiary/aromatic N) is 1. The van der Waals surface area contributed by atoms with E-state index >= 15 is 0 Å². The molecule has 0 saturated heterocycles. The van der Waals surface area contributed by atoms with E-state index in [9.17, 15) is 23.2 Å². The van der Waals surface area contributed by atoms with Crippen molar-refractivity contribution in [3.8, 4) is 0 Å². The number of nitrogens with one attached hydrogen (secondary N) is 1. The van der Waals surface area contributed by atoms with Gasteiger partial charge in [-0.15, -0.1) is 0 Å². The molecule has 0 unspecified atom stereocenters. The summed E-state index contributed by atoms with van der Waals surface area (Å²) in [6, 6.07) is 11.6. The van der Waals surface area contributed by atoms with E-state index < -0.39 is 29.4 Å². The van der Waals surface area contributed by atoms with Crippen molar-refractivity contribution < 1.29 is 27.9 Å². The number of esters is 1. The van der Waals surface area contributed by atoms with Crippen LogP contribution in [0.4, 0.5) is 20.2 Å². The van der Waals surface area contributed by atoms with Gasteiger partial charge in [0.2, 0.25) is 11.8 Å². The van der Waals surface area contributed by atoms with Crippen LogP contribution in [0.5, 0.6) is 0 Å². The normalized spacial score (nSPS) is 16.6. The van der Waals surface area contributed by atoms with E-state index in [2.05, 4.69) is 5.32 Å². The SMILES string of the molecule is COC(=O)C1=C(C)N(c2ccccc2)C(=O)C[C@@H]1C(=O)Nc1ccc(F)c(F)c1. The molecule has 0 radical (unpaired) electrons. The molecular formula is C21H18F2N2O4. The summed E-state index contributed by atoms with van der Waals surface area (Å²) in [6.07, 6.45) is -0.286. The van der Waals surface area contributed by atoms with Gasteiger partial charge in [-0.3, -0.25) is 14.5 Å². The zero-order chi connectivity index (χ0) is 21.1. The summed E-state index contributed by atoms with van der Waals surface area (Å²) >= 11 is 0. The zero-order valence-corrected chi connectivity index (χ0v) is 15.7. The van der Waals surface area contributed by atoms with Gasteiger partial charge in [0.1, 0.15) is 0 Å². The summed E-state index contributed by atoms with van der Waals surface area (Å²) in [4.78, 5) is 39.3. The van der Waals surface area contributed by atoms with Crippen molar-refractivity contribution in [2.45, 2.75) is 13.3 Å². The number of hydrogen-bond acceptors (Lipinski definition) is 4. The fourth-order valence-electron chi connectivity index (χ4n) is 3.27. The number of methoxy groups -OCH3 is 1. The molecule has 0 saturated carbocycles. The second-order valence-corrected chi connectivity index (χ2v) is 6.43. The van der Waals surface area contributed by atoms with Gasteiger partial charge in [-0.05, 0) is 31.2 Å². The van der Waals surface area contributed by atoms with Crippen molar-refractivity contribution in [1.82, 2.24) is 0 Å². The number of benzene rings is 2. The van der Waals surface area contributed by atoms with E-state index in [0.29, 0.717) is 5.69 Å². The monoisotopic (exact) mass is 400 g/mol. The number of carbonyl (C=O) groups excluding carboxylic acids is 3. The third-order valence-electron chi connectivity index (χ3n) is 4.63. The summed E-state index contributed by atoms with van der Waals surface area (Å²) in [5.74, 6) is -5.15. The Morgan fingerprint density at radius 1 is 1.10 bits per heavy atom. The molecule has 2 aromatic carbocycles. The quantitative estimate of drug-likeness (QED) is 0.799. The maximum absolute atomic E-state index is 13.4. The van der Waals surface area contributed by atoms with Gasteiger partial charge in [0, 0.05) is 29.6 Å². The minimum absolute atomic E-state index is 0.00806. The predicted molar refractivity (Wildman–Crippen MR) is 102 cm³/mol. The van der Waals surface area contributed by atoms with Gasteiger partial charge in [0.05, 0.1) is 18.6 Å². The van der Waals surface area contributed by atoms with Crippen molar-refractivity contribution in [1.29, 1.82) is 0 Å². The van der Waals surface area contributed by atoms with Crippen LogP contribution in [0.15, 0.2) is 59.8 Å². The number of halogens is 2. The number of anilines is 2. The standard InChI is InChI=1S/C21H18F2N2O4/c1-12-19(21(28)29-2)15(11-18(26)25(12)14-6-4-3-5-7-14)20(27)24-13-8-9-16(22)17(23)10-13/h3-10,15H,11H2,1-2H3,(H,24,27)/t15-/m0/s1. The number of para-hydroxylation sites is 1. The third-order valence-corrected chi connectivity index (χ3v) is 4.63. The van der Waals surface area contributed by atoms with E-state index in [4.69, 9.17) is 4.74 Å². The Bertz CT molecular complexity index is 1000. The molecule has 8 heteroatoms. The first-order chi connectivity index (χ1) is 13.8. The zero-order valence-electron chi connectivity index (χ0n) is 15.7. The Labute approximate surface area is 165 Å². The highest BCUT2D eigenvalue weighted by atomic mass is 19.2. The topological polar surface area (TPSA) is 75.7 Å². The summed E-state index contributed by atoms with van der Waals surface area (Å²) < 4.78 is 31.3. The third kappa shape index (κ3) is 4.01. The van der Waals surface area contributed by atoms with Crippen molar-refractivity contribution in [3.63, 3.8) is 0 Å². The lowest BCUT2D eigenvalue weighted by molar-refractivity contribution is -0.138. The van der Waals surface area contributed by atoms with Crippen LogP contribution in [-0.2, 0) is 19.1 Å². The van der Waals surface area contributed by atoms with Crippen LogP contribution in [0.1, 0.15) is 13.3 Å². The Morgan fingerprint density at radius 2 is 1.79 bits per heavy atom. The van der Waals surface area contributed by atoms with E-state index in [-0.39, 0.29) is 29.3 Å². The Balaban J connectivity index is 1.98. The fourth-order valence-corrected chi connectivity index (χ4v) is 3.27. The summed E-state index contributed by atoms with van der Waals surface area (Å²) in [6.45, 7) is 1.55. The number of allylic oxidation sites excluding steroid dienone is 1. The minimum atomic E-state index is -1.14. The first kappa shape index (κ1) is 20.2. The molecule has 0 fully saturated rings. The Kier molecular flexibility index (Phi) is 5.72. The maximum Gasteiger partial charge on any atom is 0.336 e. The second kappa shape index (κ2) is 8.22. The molecule has 150 valence electrons. The van der Waals surface area contributed by atoms with Crippen LogP contribution in [0, 0.1) is 17.6 Å². The van der Waals surface area contributed by atoms with Crippen LogP contribution in [0.2, 0.25) is 0 Å². The van der Waals surface area contributed by atoms with Gasteiger partial charge in [0.15, 0.2) is 11.6 Å². The lowest BCUT2D eigenvalue weighted by Crippen LogP contribution is -2.43. The molecule has 0 bridgehead atoms. The molecule has 1 aliphatic rings. The molecule has 2 aromatic rings. The van der Waals surface area contributed by atoms with E-state index in [0.717, 1.165) is 12.1 Å². The molecule has 2 amide bonds. The van der Waals surface area contributed by atoms with Crippen molar-refractivity contribution >= 4 is 29.2 Å². The molecule has 1 N–H and O–H groups in total. The van der Waals surface area contributed by atoms with Crippen molar-refractivity contribution in [2.75, 3.05) is 17.3 Å². The van der Waals surface area contributed by atoms with Gasteiger partial charge in [-0.1, -0.05) is 18.2 Å². The van der Waals surface area contributed by atoms with E-state index in [1.54, 1.807) is 37.3 Å². The van der Waals surface area contributed by atoms with E-state index in [1.807, 2.05) is 0 Å². The molecule has 1 aliphatic heterocycles. The minimum Gasteiger partial charge on any atom is -0.466 e. The highest BCUT2D eigenvalue weighted by molar-refractivity contribution is 6.10. The first-order valence-electron chi connectivity index (χ1n) is 8.76. The van der Waals surface area contributed by atoms with Crippen LogP contribution >= 0.6 is 0 Å². The Morgan fingerprint density at radius 3 is 2.41 bits per heavy atom. The highest BCUT2D eigenvalue weighted by Crippen LogP contribution is 2.34. The average molecular weight is 400 g/mol. The number of ether oxygens (including phenoxy) is 1. The lowest BCUT2D eigenvalue weighted by Gasteiger charge is -2.33. The molecular weight excluding hydrogens is 382 g/mol. The molecule has 3 rings (SSSR count). The molecule has 0 aliphatic carbocycles. The van der Waals surface area contributed by atoms with Gasteiger partial charge in [-0.2, -0.15) is 0 Å². The Hall–Kier alpha value is -3.55. The largest absolute Gasteiger partial charge is 0.466 e. The summed E-state index contributed by atoms with van der Waals surface area (Å²) in [5, 5.41) is 2.43. The van der Waals surface area contributed by atoms with Crippen molar-refractivity contribution in [2.24, 2.45) is 5.92 Å². The first-order valence-corrected chi connectivity index (χ1v) is 8.76. The number of rotatable bonds is 4. The molecule has 0 aromatic heterocycles. The van der Waals surface area contributed by atoms with Crippen molar-refractivity contribution in [3.05, 3.63) is 71.4 Å². The van der Waals surface area contributed by atoms with Gasteiger partial charge in [0.25, 0.3) is 0 Å².